The van der Waals surface area contributed by atoms with Crippen molar-refractivity contribution in [3.63, 3.8) is 0 Å². The highest BCUT2D eigenvalue weighted by Gasteiger charge is 2.23. The van der Waals surface area contributed by atoms with Crippen molar-refractivity contribution in [3.05, 3.63) is 53.6 Å². The van der Waals surface area contributed by atoms with E-state index in [-0.39, 0.29) is 11.8 Å². The molecule has 2 heterocycles. The van der Waals surface area contributed by atoms with Crippen LogP contribution in [0.2, 0.25) is 0 Å². The summed E-state index contributed by atoms with van der Waals surface area (Å²) in [7, 11) is 0. The van der Waals surface area contributed by atoms with E-state index in [1.165, 1.54) is 18.5 Å². The summed E-state index contributed by atoms with van der Waals surface area (Å²) in [5.74, 6) is -0.358. The van der Waals surface area contributed by atoms with Gasteiger partial charge in [0.1, 0.15) is 6.10 Å². The fraction of sp³-hybridized carbons (Fsp3) is 0.391. The van der Waals surface area contributed by atoms with Crippen LogP contribution in [0.4, 0.5) is 17.1 Å². The van der Waals surface area contributed by atoms with Crippen molar-refractivity contribution in [1.29, 1.82) is 0 Å². The van der Waals surface area contributed by atoms with E-state index < -0.39 is 6.10 Å². The maximum Gasteiger partial charge on any atom is 0.255 e. The van der Waals surface area contributed by atoms with Crippen LogP contribution in [-0.4, -0.2) is 37.6 Å². The van der Waals surface area contributed by atoms with E-state index in [9.17, 15) is 9.59 Å². The first-order chi connectivity index (χ1) is 14.1. The lowest BCUT2D eigenvalue weighted by Gasteiger charge is -2.19. The number of carbonyl (C=O) groups is 2. The Labute approximate surface area is 171 Å². The van der Waals surface area contributed by atoms with Crippen LogP contribution in [0, 0.1) is 6.92 Å². The average Bonchev–Trinajstić information content (AvgIpc) is 3.44. The van der Waals surface area contributed by atoms with Crippen molar-refractivity contribution in [1.82, 2.24) is 0 Å². The van der Waals surface area contributed by atoms with Crippen molar-refractivity contribution >= 4 is 28.9 Å². The van der Waals surface area contributed by atoms with Gasteiger partial charge in [0.05, 0.1) is 0 Å². The van der Waals surface area contributed by atoms with Gasteiger partial charge in [-0.1, -0.05) is 6.07 Å². The van der Waals surface area contributed by atoms with Gasteiger partial charge in [0.25, 0.3) is 11.8 Å². The van der Waals surface area contributed by atoms with Gasteiger partial charge in [0.15, 0.2) is 0 Å². The normalized spacial score (nSPS) is 18.7. The molecular formula is C23H27N3O3. The molecule has 2 aliphatic heterocycles. The second-order valence-corrected chi connectivity index (χ2v) is 7.72. The highest BCUT2D eigenvalue weighted by Crippen LogP contribution is 2.26. The molecule has 0 aromatic heterocycles. The number of benzene rings is 2. The lowest BCUT2D eigenvalue weighted by Crippen LogP contribution is -2.27. The first kappa shape index (κ1) is 19.5. The summed E-state index contributed by atoms with van der Waals surface area (Å²) >= 11 is 0. The zero-order valence-electron chi connectivity index (χ0n) is 16.7. The van der Waals surface area contributed by atoms with Gasteiger partial charge in [-0.2, -0.15) is 0 Å². The molecule has 0 spiro atoms. The number of nitrogens with zero attached hydrogens (tertiary/aromatic N) is 1. The molecule has 6 nitrogen and oxygen atoms in total. The fourth-order valence-electron chi connectivity index (χ4n) is 3.90. The summed E-state index contributed by atoms with van der Waals surface area (Å²) in [6.07, 6.45) is 3.70. The molecule has 2 N–H and O–H groups in total. The van der Waals surface area contributed by atoms with E-state index >= 15 is 0 Å². The summed E-state index contributed by atoms with van der Waals surface area (Å²) in [5.41, 5.74) is 4.13. The summed E-state index contributed by atoms with van der Waals surface area (Å²) in [6, 6.07) is 13.1. The third-order valence-electron chi connectivity index (χ3n) is 5.54. The Morgan fingerprint density at radius 2 is 1.86 bits per heavy atom. The van der Waals surface area contributed by atoms with E-state index in [1.54, 1.807) is 24.3 Å². The van der Waals surface area contributed by atoms with Crippen LogP contribution in [0.15, 0.2) is 42.5 Å². The lowest BCUT2D eigenvalue weighted by atomic mass is 10.1. The molecule has 2 amide bonds. The highest BCUT2D eigenvalue weighted by molar-refractivity contribution is 6.06. The van der Waals surface area contributed by atoms with E-state index in [4.69, 9.17) is 4.74 Å². The third kappa shape index (κ3) is 4.59. The molecule has 1 atom stereocenters. The number of anilines is 3. The molecule has 0 radical (unpaired) electrons. The van der Waals surface area contributed by atoms with Crippen LogP contribution in [0.25, 0.3) is 0 Å². The van der Waals surface area contributed by atoms with E-state index in [0.717, 1.165) is 37.2 Å². The molecule has 0 unspecified atom stereocenters. The standard InChI is InChI=1S/C23H27N3O3/c1-16-14-19(26-11-2-3-12-26)9-10-20(16)25-22(27)17-6-4-7-18(15-17)24-23(28)21-8-5-13-29-21/h4,6-7,9-10,14-15,21H,2-3,5,8,11-13H2,1H3,(H,24,28)(H,25,27)/t21-/m1/s1. The molecule has 2 fully saturated rings. The molecular weight excluding hydrogens is 366 g/mol. The predicted molar refractivity (Wildman–Crippen MR) is 115 cm³/mol. The van der Waals surface area contributed by atoms with Crippen molar-refractivity contribution in [3.8, 4) is 0 Å². The molecule has 2 aromatic carbocycles. The van der Waals surface area contributed by atoms with Crippen LogP contribution < -0.4 is 15.5 Å². The average molecular weight is 393 g/mol. The summed E-state index contributed by atoms with van der Waals surface area (Å²) in [4.78, 5) is 27.3. The van der Waals surface area contributed by atoms with Crippen molar-refractivity contribution in [2.24, 2.45) is 0 Å². The highest BCUT2D eigenvalue weighted by atomic mass is 16.5. The van der Waals surface area contributed by atoms with Crippen LogP contribution in [0.1, 0.15) is 41.6 Å². The molecule has 152 valence electrons. The maximum absolute atomic E-state index is 12.7. The number of carbonyl (C=O) groups excluding carboxylic acids is 2. The number of nitrogens with one attached hydrogen (secondary N) is 2. The number of amides is 2. The Morgan fingerprint density at radius 1 is 1.03 bits per heavy atom. The monoisotopic (exact) mass is 393 g/mol. The summed E-state index contributed by atoms with van der Waals surface area (Å²) in [5, 5.41) is 5.83. The first-order valence-electron chi connectivity index (χ1n) is 10.3. The van der Waals surface area contributed by atoms with Gasteiger partial charge in [-0.05, 0) is 74.6 Å². The zero-order valence-corrected chi connectivity index (χ0v) is 16.7. The van der Waals surface area contributed by atoms with Gasteiger partial charge < -0.3 is 20.3 Å². The van der Waals surface area contributed by atoms with Gasteiger partial charge in [-0.25, -0.2) is 0 Å². The Balaban J connectivity index is 1.42. The lowest BCUT2D eigenvalue weighted by molar-refractivity contribution is -0.124. The topological polar surface area (TPSA) is 70.7 Å². The molecule has 0 bridgehead atoms. The smallest absolute Gasteiger partial charge is 0.255 e. The fourth-order valence-corrected chi connectivity index (χ4v) is 3.90. The number of rotatable bonds is 5. The number of ether oxygens (including phenoxy) is 1. The summed E-state index contributed by atoms with van der Waals surface area (Å²) < 4.78 is 5.41. The first-order valence-corrected chi connectivity index (χ1v) is 10.3. The van der Waals surface area contributed by atoms with Crippen LogP contribution in [0.5, 0.6) is 0 Å². The SMILES string of the molecule is Cc1cc(N2CCCC2)ccc1NC(=O)c1cccc(NC(=O)[C@H]2CCCO2)c1. The number of hydrogen-bond donors (Lipinski definition) is 2. The zero-order chi connectivity index (χ0) is 20.2. The van der Waals surface area contributed by atoms with Crippen molar-refractivity contribution < 1.29 is 14.3 Å². The second-order valence-electron chi connectivity index (χ2n) is 7.72. The minimum absolute atomic E-state index is 0.159. The molecule has 6 heteroatoms. The third-order valence-corrected chi connectivity index (χ3v) is 5.54. The number of hydrogen-bond acceptors (Lipinski definition) is 4. The molecule has 2 saturated heterocycles. The van der Waals surface area contributed by atoms with E-state index in [2.05, 4.69) is 27.7 Å². The molecule has 29 heavy (non-hydrogen) atoms. The Morgan fingerprint density at radius 3 is 2.59 bits per heavy atom. The largest absolute Gasteiger partial charge is 0.372 e. The van der Waals surface area contributed by atoms with Crippen LogP contribution >= 0.6 is 0 Å². The Kier molecular flexibility index (Phi) is 5.81. The van der Waals surface area contributed by atoms with Gasteiger partial charge in [0, 0.05) is 42.3 Å². The maximum atomic E-state index is 12.7. The van der Waals surface area contributed by atoms with E-state index in [0.29, 0.717) is 17.9 Å². The minimum atomic E-state index is -0.399. The molecule has 2 aromatic rings. The molecule has 0 aliphatic carbocycles. The van der Waals surface area contributed by atoms with Crippen molar-refractivity contribution in [2.75, 3.05) is 35.2 Å². The van der Waals surface area contributed by atoms with Gasteiger partial charge in [0.2, 0.25) is 0 Å². The molecule has 4 rings (SSSR count). The molecule has 2 aliphatic rings. The predicted octanol–water partition coefficient (Wildman–Crippen LogP) is 3.97. The van der Waals surface area contributed by atoms with E-state index in [1.807, 2.05) is 13.0 Å². The Hall–Kier alpha value is -2.86. The molecule has 0 saturated carbocycles. The summed E-state index contributed by atoms with van der Waals surface area (Å²) in [6.45, 7) is 4.81. The van der Waals surface area contributed by atoms with Gasteiger partial charge >= 0.3 is 0 Å². The minimum Gasteiger partial charge on any atom is -0.372 e. The van der Waals surface area contributed by atoms with Crippen molar-refractivity contribution in [2.45, 2.75) is 38.7 Å². The van der Waals surface area contributed by atoms with Crippen LogP contribution in [-0.2, 0) is 9.53 Å². The number of aryl methyl sites for hydroxylation is 1. The quantitative estimate of drug-likeness (QED) is 0.807. The van der Waals surface area contributed by atoms with Crippen LogP contribution in [0.3, 0.4) is 0 Å². The Bertz CT molecular complexity index is 900. The van der Waals surface area contributed by atoms with Gasteiger partial charge in [-0.3, -0.25) is 9.59 Å². The second kappa shape index (κ2) is 8.66. The van der Waals surface area contributed by atoms with Gasteiger partial charge in [-0.15, -0.1) is 0 Å².